The second kappa shape index (κ2) is 7.69. The Hall–Kier alpha value is -2.01. The zero-order chi connectivity index (χ0) is 15.1. The van der Waals surface area contributed by atoms with Crippen LogP contribution in [0.15, 0.2) is 53.7 Å². The zero-order valence-electron chi connectivity index (χ0n) is 12.2. The van der Waals surface area contributed by atoms with E-state index in [1.165, 1.54) is 0 Å². The van der Waals surface area contributed by atoms with Gasteiger partial charge in [0.15, 0.2) is 0 Å². The van der Waals surface area contributed by atoms with Gasteiger partial charge in [-0.05, 0) is 43.0 Å². The number of rotatable bonds is 5. The van der Waals surface area contributed by atoms with Crippen molar-refractivity contribution in [3.05, 3.63) is 54.4 Å². The Morgan fingerprint density at radius 1 is 1.24 bits per heavy atom. The molecule has 0 unspecified atom stereocenters. The number of thioether (sulfide) groups is 1. The summed E-state index contributed by atoms with van der Waals surface area (Å²) in [5.74, 6) is 0. The summed E-state index contributed by atoms with van der Waals surface area (Å²) in [5.41, 5.74) is 1.92. The van der Waals surface area contributed by atoms with Crippen molar-refractivity contribution in [2.24, 2.45) is 0 Å². The van der Waals surface area contributed by atoms with Crippen molar-refractivity contribution in [2.45, 2.75) is 18.4 Å². The number of nitrogens with zero attached hydrogens (tertiary/aromatic N) is 2. The lowest BCUT2D eigenvalue weighted by atomic mass is 10.2. The minimum atomic E-state index is -0.0872. The van der Waals surface area contributed by atoms with E-state index < -0.39 is 0 Å². The highest BCUT2D eigenvalue weighted by Gasteiger charge is 2.13. The molecule has 2 rings (SSSR count). The maximum Gasteiger partial charge on any atom is 0.322 e. The standard InChI is InChI=1S/C16H19N3OS/c1-3-19(12-13-8-10-17-11-9-13)16(20)18-14-6-4-5-7-15(14)21-2/h4-11H,3,12H2,1-2H3,(H,18,20). The Morgan fingerprint density at radius 3 is 2.62 bits per heavy atom. The Balaban J connectivity index is 2.06. The first-order valence-corrected chi connectivity index (χ1v) is 8.05. The third-order valence-electron chi connectivity index (χ3n) is 3.14. The normalized spacial score (nSPS) is 10.2. The molecule has 0 fully saturated rings. The molecule has 1 heterocycles. The van der Waals surface area contributed by atoms with Gasteiger partial charge >= 0.3 is 6.03 Å². The fourth-order valence-corrected chi connectivity index (χ4v) is 2.53. The number of urea groups is 1. The average Bonchev–Trinajstić information content (AvgIpc) is 2.54. The summed E-state index contributed by atoms with van der Waals surface area (Å²) in [6, 6.07) is 11.6. The molecule has 1 aromatic carbocycles. The fourth-order valence-electron chi connectivity index (χ4n) is 1.98. The molecular formula is C16H19N3OS. The number of aromatic nitrogens is 1. The number of carbonyl (C=O) groups excluding carboxylic acids is 1. The van der Waals surface area contributed by atoms with Gasteiger partial charge in [0.25, 0.3) is 0 Å². The van der Waals surface area contributed by atoms with Gasteiger partial charge < -0.3 is 10.2 Å². The van der Waals surface area contributed by atoms with E-state index in [0.717, 1.165) is 16.1 Å². The first-order chi connectivity index (χ1) is 10.2. The number of amides is 2. The van der Waals surface area contributed by atoms with E-state index in [1.54, 1.807) is 29.1 Å². The second-order valence-corrected chi connectivity index (χ2v) is 5.35. The molecule has 0 saturated heterocycles. The highest BCUT2D eigenvalue weighted by molar-refractivity contribution is 7.98. The highest BCUT2D eigenvalue weighted by Crippen LogP contribution is 2.24. The van der Waals surface area contributed by atoms with E-state index in [0.29, 0.717) is 13.1 Å². The number of carbonyl (C=O) groups is 1. The summed E-state index contributed by atoms with van der Waals surface area (Å²) in [6.07, 6.45) is 5.48. The van der Waals surface area contributed by atoms with Crippen molar-refractivity contribution in [1.82, 2.24) is 9.88 Å². The monoisotopic (exact) mass is 301 g/mol. The quantitative estimate of drug-likeness (QED) is 0.853. The number of hydrogen-bond donors (Lipinski definition) is 1. The van der Waals surface area contributed by atoms with E-state index in [1.807, 2.05) is 49.6 Å². The lowest BCUT2D eigenvalue weighted by molar-refractivity contribution is 0.212. The van der Waals surface area contributed by atoms with Crippen LogP contribution in [-0.2, 0) is 6.54 Å². The van der Waals surface area contributed by atoms with Gasteiger partial charge in [-0.1, -0.05) is 12.1 Å². The summed E-state index contributed by atoms with van der Waals surface area (Å²) in [5, 5.41) is 2.98. The van der Waals surface area contributed by atoms with Gasteiger partial charge in [0.05, 0.1) is 5.69 Å². The maximum absolute atomic E-state index is 12.4. The van der Waals surface area contributed by atoms with Crippen LogP contribution in [0.1, 0.15) is 12.5 Å². The summed E-state index contributed by atoms with van der Waals surface area (Å²) in [7, 11) is 0. The molecule has 4 nitrogen and oxygen atoms in total. The number of anilines is 1. The van der Waals surface area contributed by atoms with E-state index in [9.17, 15) is 4.79 Å². The van der Waals surface area contributed by atoms with E-state index in [-0.39, 0.29) is 6.03 Å². The second-order valence-electron chi connectivity index (χ2n) is 4.50. The largest absolute Gasteiger partial charge is 0.322 e. The molecule has 21 heavy (non-hydrogen) atoms. The third kappa shape index (κ3) is 4.23. The molecular weight excluding hydrogens is 282 g/mol. The van der Waals surface area contributed by atoms with Gasteiger partial charge in [0.2, 0.25) is 0 Å². The smallest absolute Gasteiger partial charge is 0.320 e. The molecule has 0 bridgehead atoms. The van der Waals surface area contributed by atoms with Crippen LogP contribution >= 0.6 is 11.8 Å². The lowest BCUT2D eigenvalue weighted by Crippen LogP contribution is -2.34. The molecule has 2 aromatic rings. The van der Waals surface area contributed by atoms with Crippen LogP contribution in [0.4, 0.5) is 10.5 Å². The highest BCUT2D eigenvalue weighted by atomic mass is 32.2. The summed E-state index contributed by atoms with van der Waals surface area (Å²) in [4.78, 5) is 19.2. The predicted octanol–water partition coefficient (Wildman–Crippen LogP) is 3.86. The van der Waals surface area contributed by atoms with E-state index in [2.05, 4.69) is 10.3 Å². The molecule has 0 aliphatic carbocycles. The van der Waals surface area contributed by atoms with Gasteiger partial charge in [-0.3, -0.25) is 4.98 Å². The van der Waals surface area contributed by atoms with Crippen LogP contribution < -0.4 is 5.32 Å². The van der Waals surface area contributed by atoms with Gasteiger partial charge in [0, 0.05) is 30.4 Å². The molecule has 0 radical (unpaired) electrons. The fraction of sp³-hybridized carbons (Fsp3) is 0.250. The zero-order valence-corrected chi connectivity index (χ0v) is 13.1. The summed E-state index contributed by atoms with van der Waals surface area (Å²) >= 11 is 1.62. The number of nitrogens with one attached hydrogen (secondary N) is 1. The van der Waals surface area contributed by atoms with Crippen LogP contribution in [0, 0.1) is 0 Å². The van der Waals surface area contributed by atoms with Crippen molar-refractivity contribution in [3.8, 4) is 0 Å². The van der Waals surface area contributed by atoms with Crippen molar-refractivity contribution in [2.75, 3.05) is 18.1 Å². The molecule has 0 atom stereocenters. The van der Waals surface area contributed by atoms with Crippen LogP contribution in [0.25, 0.3) is 0 Å². The molecule has 2 amide bonds. The van der Waals surface area contributed by atoms with Crippen molar-refractivity contribution in [1.29, 1.82) is 0 Å². The summed E-state index contributed by atoms with van der Waals surface area (Å²) < 4.78 is 0. The number of hydrogen-bond acceptors (Lipinski definition) is 3. The first-order valence-electron chi connectivity index (χ1n) is 6.82. The van der Waals surface area contributed by atoms with E-state index >= 15 is 0 Å². The SMILES string of the molecule is CCN(Cc1ccncc1)C(=O)Nc1ccccc1SC. The van der Waals surface area contributed by atoms with Gasteiger partial charge in [-0.15, -0.1) is 11.8 Å². The van der Waals surface area contributed by atoms with Gasteiger partial charge in [0.1, 0.15) is 0 Å². The number of pyridine rings is 1. The van der Waals surface area contributed by atoms with Gasteiger partial charge in [-0.25, -0.2) is 4.79 Å². The predicted molar refractivity (Wildman–Crippen MR) is 87.6 cm³/mol. The molecule has 0 aliphatic rings. The van der Waals surface area contributed by atoms with Crippen LogP contribution in [0.3, 0.4) is 0 Å². The molecule has 5 heteroatoms. The molecule has 0 spiro atoms. The molecule has 110 valence electrons. The third-order valence-corrected chi connectivity index (χ3v) is 3.94. The summed E-state index contributed by atoms with van der Waals surface area (Å²) in [6.45, 7) is 3.20. The van der Waals surface area contributed by atoms with Crippen LogP contribution in [-0.4, -0.2) is 28.7 Å². The van der Waals surface area contributed by atoms with Crippen molar-refractivity contribution >= 4 is 23.5 Å². The lowest BCUT2D eigenvalue weighted by Gasteiger charge is -2.22. The molecule has 1 aromatic heterocycles. The molecule has 1 N–H and O–H groups in total. The Labute approximate surface area is 129 Å². The van der Waals surface area contributed by atoms with Crippen LogP contribution in [0.2, 0.25) is 0 Å². The van der Waals surface area contributed by atoms with Crippen molar-refractivity contribution < 1.29 is 4.79 Å². The number of benzene rings is 1. The topological polar surface area (TPSA) is 45.2 Å². The average molecular weight is 301 g/mol. The molecule has 0 aliphatic heterocycles. The Kier molecular flexibility index (Phi) is 5.63. The Bertz CT molecular complexity index is 589. The number of para-hydroxylation sites is 1. The van der Waals surface area contributed by atoms with Crippen LogP contribution in [0.5, 0.6) is 0 Å². The van der Waals surface area contributed by atoms with E-state index in [4.69, 9.17) is 0 Å². The van der Waals surface area contributed by atoms with Gasteiger partial charge in [-0.2, -0.15) is 0 Å². The first kappa shape index (κ1) is 15.4. The minimum absolute atomic E-state index is 0.0872. The minimum Gasteiger partial charge on any atom is -0.320 e. The Morgan fingerprint density at radius 2 is 1.95 bits per heavy atom. The van der Waals surface area contributed by atoms with Crippen molar-refractivity contribution in [3.63, 3.8) is 0 Å². The molecule has 0 saturated carbocycles. The maximum atomic E-state index is 12.4.